The summed E-state index contributed by atoms with van der Waals surface area (Å²) in [6.07, 6.45) is 0. The van der Waals surface area contributed by atoms with Crippen LogP contribution >= 0.6 is 0 Å². The SMILES string of the molecule is O=C(Nc1ccccc1)N(N=Nc1ccccc1)c1ccccc1. The number of hydrogen-bond acceptors (Lipinski definition) is 3. The molecule has 2 amide bonds. The highest BCUT2D eigenvalue weighted by Gasteiger charge is 2.15. The van der Waals surface area contributed by atoms with Crippen LogP contribution in [0.4, 0.5) is 21.9 Å². The van der Waals surface area contributed by atoms with Gasteiger partial charge in [0.1, 0.15) is 0 Å². The standard InChI is InChI=1S/C19H16N4O/c24-19(20-16-10-4-1-5-11-16)23(18-14-8-3-9-15-18)22-21-17-12-6-2-7-13-17/h1-15H,(H,20,24). The summed E-state index contributed by atoms with van der Waals surface area (Å²) in [5.41, 5.74) is 2.00. The maximum atomic E-state index is 12.6. The Bertz CT molecular complexity index is 805. The minimum atomic E-state index is -0.382. The first-order valence-corrected chi connectivity index (χ1v) is 7.51. The van der Waals surface area contributed by atoms with Gasteiger partial charge in [0.2, 0.25) is 0 Å². The Hall–Kier alpha value is -3.47. The second kappa shape index (κ2) is 7.69. The van der Waals surface area contributed by atoms with Crippen molar-refractivity contribution < 1.29 is 4.79 Å². The van der Waals surface area contributed by atoms with Crippen molar-refractivity contribution in [1.29, 1.82) is 0 Å². The summed E-state index contributed by atoms with van der Waals surface area (Å²) in [7, 11) is 0. The summed E-state index contributed by atoms with van der Waals surface area (Å²) >= 11 is 0. The molecule has 0 atom stereocenters. The molecule has 24 heavy (non-hydrogen) atoms. The number of benzene rings is 3. The van der Waals surface area contributed by atoms with E-state index >= 15 is 0 Å². The highest BCUT2D eigenvalue weighted by Crippen LogP contribution is 2.19. The quantitative estimate of drug-likeness (QED) is 0.507. The molecule has 5 heteroatoms. The van der Waals surface area contributed by atoms with Gasteiger partial charge in [-0.25, -0.2) is 4.79 Å². The molecule has 0 fully saturated rings. The average Bonchev–Trinajstić information content (AvgIpc) is 2.64. The first kappa shape index (κ1) is 15.4. The molecule has 0 heterocycles. The molecule has 5 nitrogen and oxygen atoms in total. The predicted octanol–water partition coefficient (Wildman–Crippen LogP) is 5.42. The van der Waals surface area contributed by atoms with E-state index in [9.17, 15) is 4.79 Å². The number of carbonyl (C=O) groups is 1. The van der Waals surface area contributed by atoms with Gasteiger partial charge >= 0.3 is 6.03 Å². The van der Waals surface area contributed by atoms with Gasteiger partial charge in [-0.2, -0.15) is 5.01 Å². The molecule has 0 aliphatic carbocycles. The zero-order valence-electron chi connectivity index (χ0n) is 12.9. The van der Waals surface area contributed by atoms with Crippen molar-refractivity contribution in [3.05, 3.63) is 91.0 Å². The molecule has 0 saturated heterocycles. The third-order valence-corrected chi connectivity index (χ3v) is 3.22. The fourth-order valence-electron chi connectivity index (χ4n) is 2.07. The minimum absolute atomic E-state index is 0.382. The first-order chi connectivity index (χ1) is 11.8. The van der Waals surface area contributed by atoms with E-state index in [-0.39, 0.29) is 6.03 Å². The van der Waals surface area contributed by atoms with Gasteiger partial charge in [0.25, 0.3) is 0 Å². The second-order valence-corrected chi connectivity index (χ2v) is 4.97. The van der Waals surface area contributed by atoms with Gasteiger partial charge < -0.3 is 5.32 Å². The third-order valence-electron chi connectivity index (χ3n) is 3.22. The van der Waals surface area contributed by atoms with Crippen molar-refractivity contribution in [1.82, 2.24) is 0 Å². The van der Waals surface area contributed by atoms with Crippen LogP contribution in [-0.2, 0) is 0 Å². The van der Waals surface area contributed by atoms with Crippen molar-refractivity contribution in [2.75, 3.05) is 10.3 Å². The van der Waals surface area contributed by atoms with Crippen molar-refractivity contribution in [2.45, 2.75) is 0 Å². The monoisotopic (exact) mass is 316 g/mol. The average molecular weight is 316 g/mol. The molecule has 0 radical (unpaired) electrons. The summed E-state index contributed by atoms with van der Waals surface area (Å²) < 4.78 is 0. The number of hydrogen-bond donors (Lipinski definition) is 1. The highest BCUT2D eigenvalue weighted by molar-refractivity contribution is 6.01. The molecule has 0 spiro atoms. The number of rotatable bonds is 4. The van der Waals surface area contributed by atoms with Crippen LogP contribution in [-0.4, -0.2) is 6.03 Å². The molecule has 0 saturated carbocycles. The van der Waals surface area contributed by atoms with E-state index < -0.39 is 0 Å². The smallest absolute Gasteiger partial charge is 0.306 e. The summed E-state index contributed by atoms with van der Waals surface area (Å²) in [4.78, 5) is 12.6. The molecule has 3 aromatic rings. The number of nitrogens with one attached hydrogen (secondary N) is 1. The van der Waals surface area contributed by atoms with Crippen LogP contribution in [0.2, 0.25) is 0 Å². The Morgan fingerprint density at radius 1 is 0.750 bits per heavy atom. The van der Waals surface area contributed by atoms with Crippen LogP contribution < -0.4 is 10.3 Å². The summed E-state index contributed by atoms with van der Waals surface area (Å²) in [5, 5.41) is 12.3. The molecular weight excluding hydrogens is 300 g/mol. The van der Waals surface area contributed by atoms with Crippen LogP contribution in [0.15, 0.2) is 101 Å². The normalized spacial score (nSPS) is 10.5. The maximum absolute atomic E-state index is 12.6. The lowest BCUT2D eigenvalue weighted by Crippen LogP contribution is -2.30. The van der Waals surface area contributed by atoms with Crippen LogP contribution in [0.3, 0.4) is 0 Å². The fraction of sp³-hybridized carbons (Fsp3) is 0. The molecule has 3 rings (SSSR count). The summed E-state index contributed by atoms with van der Waals surface area (Å²) in [6, 6.07) is 27.3. The van der Waals surface area contributed by atoms with Crippen molar-refractivity contribution in [2.24, 2.45) is 10.3 Å². The number of nitrogens with zero attached hydrogens (tertiary/aromatic N) is 3. The van der Waals surface area contributed by atoms with E-state index in [4.69, 9.17) is 0 Å². The van der Waals surface area contributed by atoms with Gasteiger partial charge in [-0.1, -0.05) is 59.8 Å². The Balaban J connectivity index is 1.85. The number of anilines is 2. The van der Waals surface area contributed by atoms with Gasteiger partial charge in [0.15, 0.2) is 0 Å². The largest absolute Gasteiger partial charge is 0.348 e. The Morgan fingerprint density at radius 2 is 1.29 bits per heavy atom. The number of urea groups is 1. The first-order valence-electron chi connectivity index (χ1n) is 7.51. The lowest BCUT2D eigenvalue weighted by molar-refractivity contribution is 0.257. The highest BCUT2D eigenvalue weighted by atomic mass is 16.2. The van der Waals surface area contributed by atoms with Crippen LogP contribution in [0.5, 0.6) is 0 Å². The van der Waals surface area contributed by atoms with Gasteiger partial charge in [0.05, 0.1) is 11.4 Å². The number of amides is 2. The molecule has 0 bridgehead atoms. The van der Waals surface area contributed by atoms with E-state index in [1.807, 2.05) is 78.9 Å². The Kier molecular flexibility index (Phi) is 4.94. The molecule has 3 aromatic carbocycles. The fourth-order valence-corrected chi connectivity index (χ4v) is 2.07. The van der Waals surface area contributed by atoms with Crippen LogP contribution in [0.25, 0.3) is 0 Å². The predicted molar refractivity (Wildman–Crippen MR) is 95.3 cm³/mol. The maximum Gasteiger partial charge on any atom is 0.348 e. The van der Waals surface area contributed by atoms with E-state index in [2.05, 4.69) is 15.7 Å². The zero-order chi connectivity index (χ0) is 16.6. The van der Waals surface area contributed by atoms with Gasteiger partial charge in [-0.3, -0.25) is 0 Å². The van der Waals surface area contributed by atoms with Crippen LogP contribution in [0, 0.1) is 0 Å². The van der Waals surface area contributed by atoms with E-state index in [1.165, 1.54) is 5.01 Å². The van der Waals surface area contributed by atoms with E-state index in [0.717, 1.165) is 0 Å². The molecule has 1 N–H and O–H groups in total. The lowest BCUT2D eigenvalue weighted by atomic mass is 10.3. The third kappa shape index (κ3) is 4.04. The minimum Gasteiger partial charge on any atom is -0.306 e. The van der Waals surface area contributed by atoms with Gasteiger partial charge in [0, 0.05) is 5.69 Å². The summed E-state index contributed by atoms with van der Waals surface area (Å²) in [6.45, 7) is 0. The Morgan fingerprint density at radius 3 is 1.92 bits per heavy atom. The second-order valence-electron chi connectivity index (χ2n) is 4.97. The van der Waals surface area contributed by atoms with Gasteiger partial charge in [-0.15, -0.1) is 5.11 Å². The number of para-hydroxylation sites is 2. The summed E-state index contributed by atoms with van der Waals surface area (Å²) in [5.74, 6) is 0. The molecular formula is C19H16N4O. The topological polar surface area (TPSA) is 57.1 Å². The van der Waals surface area contributed by atoms with Crippen molar-refractivity contribution in [3.8, 4) is 0 Å². The van der Waals surface area contributed by atoms with Crippen molar-refractivity contribution in [3.63, 3.8) is 0 Å². The zero-order valence-corrected chi connectivity index (χ0v) is 12.9. The van der Waals surface area contributed by atoms with Crippen LogP contribution in [0.1, 0.15) is 0 Å². The molecule has 118 valence electrons. The van der Waals surface area contributed by atoms with Gasteiger partial charge in [-0.05, 0) is 36.4 Å². The van der Waals surface area contributed by atoms with E-state index in [0.29, 0.717) is 17.1 Å². The van der Waals surface area contributed by atoms with E-state index in [1.54, 1.807) is 12.1 Å². The Labute approximate surface area is 140 Å². The molecule has 0 unspecified atom stereocenters. The molecule has 0 aromatic heterocycles. The lowest BCUT2D eigenvalue weighted by Gasteiger charge is -2.16. The number of carbonyl (C=O) groups excluding carboxylic acids is 1. The molecule has 0 aliphatic rings. The molecule has 0 aliphatic heterocycles. The van der Waals surface area contributed by atoms with Crippen molar-refractivity contribution >= 4 is 23.1 Å².